The molecule has 124 valence electrons. The van der Waals surface area contributed by atoms with Crippen LogP contribution in [0.15, 0.2) is 42.5 Å². The first-order chi connectivity index (χ1) is 11.5. The molecule has 2 heterocycles. The van der Waals surface area contributed by atoms with Gasteiger partial charge in [0, 0.05) is 17.7 Å². The third-order valence-corrected chi connectivity index (χ3v) is 4.86. The zero-order chi connectivity index (χ0) is 16.9. The van der Waals surface area contributed by atoms with Crippen LogP contribution >= 0.6 is 12.2 Å². The first-order valence-electron chi connectivity index (χ1n) is 7.73. The molecule has 2 aromatic rings. The number of nitrogens with one attached hydrogen (secondary N) is 1. The molecule has 1 fully saturated rings. The highest BCUT2D eigenvalue weighted by Gasteiger charge is 2.48. The number of halogens is 1. The summed E-state index contributed by atoms with van der Waals surface area (Å²) in [4.78, 5) is 1.91. The maximum Gasteiger partial charge on any atom is 0.188 e. The first-order valence-corrected chi connectivity index (χ1v) is 8.14. The summed E-state index contributed by atoms with van der Waals surface area (Å²) in [5.41, 5.74) is 1.20. The highest BCUT2D eigenvalue weighted by molar-refractivity contribution is 7.80. The Morgan fingerprint density at radius 2 is 2.04 bits per heavy atom. The fourth-order valence-electron chi connectivity index (χ4n) is 3.46. The molecule has 2 atom stereocenters. The smallest absolute Gasteiger partial charge is 0.188 e. The van der Waals surface area contributed by atoms with Gasteiger partial charge in [0.25, 0.3) is 0 Å². The van der Waals surface area contributed by atoms with Gasteiger partial charge in [0.05, 0.1) is 13.2 Å². The van der Waals surface area contributed by atoms with E-state index >= 15 is 0 Å². The summed E-state index contributed by atoms with van der Waals surface area (Å²) in [6.07, 6.45) is 0.713. The lowest BCUT2D eigenvalue weighted by Crippen LogP contribution is -2.65. The maximum absolute atomic E-state index is 13.3. The number of thiocarbonyl (C=S) groups is 1. The van der Waals surface area contributed by atoms with Crippen molar-refractivity contribution >= 4 is 23.0 Å². The van der Waals surface area contributed by atoms with Crippen molar-refractivity contribution in [3.63, 3.8) is 0 Å². The van der Waals surface area contributed by atoms with Gasteiger partial charge in [0.1, 0.15) is 17.3 Å². The van der Waals surface area contributed by atoms with Crippen molar-refractivity contribution in [1.29, 1.82) is 0 Å². The molecule has 0 aliphatic carbocycles. The van der Waals surface area contributed by atoms with Crippen molar-refractivity contribution in [2.45, 2.75) is 25.1 Å². The van der Waals surface area contributed by atoms with Crippen molar-refractivity contribution < 1.29 is 13.9 Å². The van der Waals surface area contributed by atoms with Crippen molar-refractivity contribution in [2.75, 3.05) is 12.0 Å². The van der Waals surface area contributed by atoms with Crippen LogP contribution in [0, 0.1) is 5.82 Å². The number of hydrogen-bond acceptors (Lipinski definition) is 3. The van der Waals surface area contributed by atoms with Gasteiger partial charge in [-0.15, -0.1) is 0 Å². The molecule has 0 radical (unpaired) electrons. The van der Waals surface area contributed by atoms with Crippen LogP contribution in [-0.2, 0) is 0 Å². The summed E-state index contributed by atoms with van der Waals surface area (Å²) in [7, 11) is 1.64. The Labute approximate surface area is 145 Å². The average molecular weight is 344 g/mol. The molecule has 2 aliphatic heterocycles. The van der Waals surface area contributed by atoms with Crippen LogP contribution in [0.25, 0.3) is 0 Å². The van der Waals surface area contributed by atoms with E-state index in [1.165, 1.54) is 12.1 Å². The van der Waals surface area contributed by atoms with Gasteiger partial charge in [-0.1, -0.05) is 0 Å². The van der Waals surface area contributed by atoms with Gasteiger partial charge in [-0.3, -0.25) is 4.90 Å². The first kappa shape index (κ1) is 15.2. The Kier molecular flexibility index (Phi) is 3.38. The quantitative estimate of drug-likeness (QED) is 0.839. The predicted molar refractivity (Wildman–Crippen MR) is 94.0 cm³/mol. The van der Waals surface area contributed by atoms with Crippen LogP contribution in [0.5, 0.6) is 11.5 Å². The van der Waals surface area contributed by atoms with E-state index in [0.717, 1.165) is 22.7 Å². The van der Waals surface area contributed by atoms with Crippen molar-refractivity contribution in [2.24, 2.45) is 0 Å². The molecule has 0 spiro atoms. The van der Waals surface area contributed by atoms with Crippen LogP contribution in [0.1, 0.15) is 24.9 Å². The Morgan fingerprint density at radius 1 is 1.29 bits per heavy atom. The summed E-state index contributed by atoms with van der Waals surface area (Å²) >= 11 is 5.57. The third kappa shape index (κ3) is 2.29. The molecule has 2 bridgehead atoms. The van der Waals surface area contributed by atoms with Crippen molar-refractivity contribution in [3.05, 3.63) is 53.8 Å². The van der Waals surface area contributed by atoms with E-state index in [-0.39, 0.29) is 11.9 Å². The number of rotatable bonds is 2. The maximum atomic E-state index is 13.3. The van der Waals surface area contributed by atoms with Gasteiger partial charge in [0.15, 0.2) is 10.8 Å². The zero-order valence-electron chi connectivity index (χ0n) is 13.4. The Morgan fingerprint density at radius 3 is 2.75 bits per heavy atom. The van der Waals surface area contributed by atoms with Gasteiger partial charge in [0.2, 0.25) is 0 Å². The van der Waals surface area contributed by atoms with E-state index in [0.29, 0.717) is 11.5 Å². The Balaban J connectivity index is 1.77. The third-order valence-electron chi connectivity index (χ3n) is 4.56. The minimum absolute atomic E-state index is 0.0537. The minimum atomic E-state index is -0.633. The lowest BCUT2D eigenvalue weighted by Gasteiger charge is -2.52. The second-order valence-electron chi connectivity index (χ2n) is 6.20. The summed E-state index contributed by atoms with van der Waals surface area (Å²) < 4.78 is 24.9. The number of nitrogens with zero attached hydrogens (tertiary/aromatic N) is 1. The van der Waals surface area contributed by atoms with E-state index < -0.39 is 5.72 Å². The number of methoxy groups -OCH3 is 1. The van der Waals surface area contributed by atoms with Crippen LogP contribution < -0.4 is 19.7 Å². The normalized spacial score (nSPS) is 24.7. The number of anilines is 1. The van der Waals surface area contributed by atoms with Crippen LogP contribution in [0.2, 0.25) is 0 Å². The predicted octanol–water partition coefficient (Wildman–Crippen LogP) is 3.77. The molecule has 2 aromatic carbocycles. The van der Waals surface area contributed by atoms with E-state index in [9.17, 15) is 4.39 Å². The van der Waals surface area contributed by atoms with Crippen molar-refractivity contribution in [3.8, 4) is 11.5 Å². The van der Waals surface area contributed by atoms with Gasteiger partial charge in [-0.05, 0) is 61.6 Å². The fraction of sp³-hybridized carbons (Fsp3) is 0.278. The van der Waals surface area contributed by atoms with Gasteiger partial charge >= 0.3 is 0 Å². The molecule has 0 aromatic heterocycles. The van der Waals surface area contributed by atoms with E-state index in [2.05, 4.69) is 5.32 Å². The molecule has 1 N–H and O–H groups in total. The lowest BCUT2D eigenvalue weighted by atomic mass is 9.90. The highest BCUT2D eigenvalue weighted by atomic mass is 32.1. The summed E-state index contributed by atoms with van der Waals surface area (Å²) in [6.45, 7) is 2.00. The standard InChI is InChI=1S/C18H17FN2O2S/c1-18-10-15(14-9-13(22-2)7-8-16(14)23-18)20-17(24)21(18)12-5-3-11(19)4-6-12/h3-9,15H,10H2,1-2H3,(H,20,24)/t15-,18-/m1/s1. The van der Waals surface area contributed by atoms with Crippen LogP contribution in [-0.4, -0.2) is 17.9 Å². The molecule has 0 unspecified atom stereocenters. The summed E-state index contributed by atoms with van der Waals surface area (Å²) in [5, 5.41) is 3.94. The summed E-state index contributed by atoms with van der Waals surface area (Å²) in [5.74, 6) is 1.31. The Bertz CT molecular complexity index is 811. The van der Waals surface area contributed by atoms with Crippen LogP contribution in [0.3, 0.4) is 0 Å². The van der Waals surface area contributed by atoms with Gasteiger partial charge in [-0.25, -0.2) is 4.39 Å². The second-order valence-corrected chi connectivity index (χ2v) is 6.59. The largest absolute Gasteiger partial charge is 0.497 e. The molecule has 24 heavy (non-hydrogen) atoms. The van der Waals surface area contributed by atoms with E-state index in [1.54, 1.807) is 19.2 Å². The molecule has 4 rings (SSSR count). The minimum Gasteiger partial charge on any atom is -0.497 e. The fourth-order valence-corrected chi connectivity index (χ4v) is 3.90. The van der Waals surface area contributed by atoms with E-state index in [1.807, 2.05) is 30.0 Å². The van der Waals surface area contributed by atoms with Crippen molar-refractivity contribution in [1.82, 2.24) is 5.32 Å². The molecule has 6 heteroatoms. The van der Waals surface area contributed by atoms with E-state index in [4.69, 9.17) is 21.7 Å². The molecule has 0 saturated carbocycles. The topological polar surface area (TPSA) is 33.7 Å². The molecule has 0 amide bonds. The molecular formula is C18H17FN2O2S. The molecule has 4 nitrogen and oxygen atoms in total. The summed E-state index contributed by atoms with van der Waals surface area (Å²) in [6, 6.07) is 12.1. The molecule has 1 saturated heterocycles. The number of fused-ring (bicyclic) bond motifs is 4. The monoisotopic (exact) mass is 344 g/mol. The lowest BCUT2D eigenvalue weighted by molar-refractivity contribution is 0.0496. The molecular weight excluding hydrogens is 327 g/mol. The van der Waals surface area contributed by atoms with Gasteiger partial charge in [-0.2, -0.15) is 0 Å². The number of hydrogen-bond donors (Lipinski definition) is 1. The number of ether oxygens (including phenoxy) is 2. The SMILES string of the molecule is COc1ccc2c(c1)[C@H]1C[C@@](C)(O2)N(c2ccc(F)cc2)C(=S)N1. The highest BCUT2D eigenvalue weighted by Crippen LogP contribution is 2.46. The zero-order valence-corrected chi connectivity index (χ0v) is 14.2. The van der Waals surface area contributed by atoms with Gasteiger partial charge < -0.3 is 14.8 Å². The van der Waals surface area contributed by atoms with Crippen LogP contribution in [0.4, 0.5) is 10.1 Å². The molecule has 2 aliphatic rings. The Hall–Kier alpha value is -2.34. The number of benzene rings is 2. The second kappa shape index (κ2) is 5.34. The average Bonchev–Trinajstić information content (AvgIpc) is 2.55.